The number of aromatic nitrogens is 2. The van der Waals surface area contributed by atoms with Gasteiger partial charge in [0.05, 0.1) is 24.1 Å². The minimum atomic E-state index is -2.46. The number of benzene rings is 1. The first-order valence-corrected chi connectivity index (χ1v) is 12.0. The number of nitrogens with two attached hydrogens (primary N) is 2. The van der Waals surface area contributed by atoms with Crippen LogP contribution in [0.2, 0.25) is 0 Å². The molecule has 0 aliphatic carbocycles. The molecule has 1 aromatic carbocycles. The second kappa shape index (κ2) is 12.2. The van der Waals surface area contributed by atoms with Gasteiger partial charge in [0.2, 0.25) is 0 Å². The zero-order chi connectivity index (χ0) is 27.0. The van der Waals surface area contributed by atoms with Crippen molar-refractivity contribution in [1.29, 1.82) is 0 Å². The minimum Gasteiger partial charge on any atom is -0.341 e. The van der Waals surface area contributed by atoms with E-state index in [9.17, 15) is 19.2 Å². The number of Topliss-reactive ketones (excluding diaryl/α,β-unsaturated/α-hetero) is 3. The van der Waals surface area contributed by atoms with Crippen LogP contribution in [0.15, 0.2) is 79.1 Å². The molecule has 0 saturated heterocycles. The van der Waals surface area contributed by atoms with Gasteiger partial charge >= 0.3 is 0 Å². The van der Waals surface area contributed by atoms with E-state index in [1.807, 2.05) is 13.8 Å². The lowest BCUT2D eigenvalue weighted by atomic mass is 9.82. The summed E-state index contributed by atoms with van der Waals surface area (Å²) in [6.07, 6.45) is 2.55. The SMILES string of the molecule is CC(C)C[C@H](NC(=O)c1ccccn1)C(=O)CC(=O)C(N)(N)C(=O)C(c1ccccc1)c1ccccn1. The highest BCUT2D eigenvalue weighted by Gasteiger charge is 2.44. The molecule has 3 aromatic rings. The van der Waals surface area contributed by atoms with Crippen molar-refractivity contribution in [3.05, 3.63) is 96.1 Å². The molecule has 1 unspecified atom stereocenters. The average Bonchev–Trinajstić information content (AvgIpc) is 2.89. The van der Waals surface area contributed by atoms with Crippen LogP contribution in [0.1, 0.15) is 54.4 Å². The van der Waals surface area contributed by atoms with Gasteiger partial charge in [-0.25, -0.2) is 0 Å². The van der Waals surface area contributed by atoms with Crippen molar-refractivity contribution < 1.29 is 19.2 Å². The van der Waals surface area contributed by atoms with Crippen molar-refractivity contribution in [2.75, 3.05) is 0 Å². The molecule has 5 N–H and O–H groups in total. The minimum absolute atomic E-state index is 0.0295. The molecule has 0 saturated carbocycles. The molecule has 9 nitrogen and oxygen atoms in total. The van der Waals surface area contributed by atoms with Gasteiger partial charge in [-0.2, -0.15) is 0 Å². The zero-order valence-corrected chi connectivity index (χ0v) is 20.8. The van der Waals surface area contributed by atoms with E-state index in [1.54, 1.807) is 60.7 Å². The largest absolute Gasteiger partial charge is 0.341 e. The normalized spacial score (nSPS) is 13.0. The molecule has 3 rings (SSSR count). The molecule has 0 bridgehead atoms. The first-order valence-electron chi connectivity index (χ1n) is 12.0. The highest BCUT2D eigenvalue weighted by molar-refractivity contribution is 6.18. The van der Waals surface area contributed by atoms with E-state index in [4.69, 9.17) is 11.5 Å². The highest BCUT2D eigenvalue weighted by Crippen LogP contribution is 2.27. The Kier molecular flexibility index (Phi) is 9.10. The fourth-order valence-electron chi connectivity index (χ4n) is 3.92. The topological polar surface area (TPSA) is 158 Å². The zero-order valence-electron chi connectivity index (χ0n) is 20.8. The predicted octanol–water partition coefficient (Wildman–Crippen LogP) is 2.16. The summed E-state index contributed by atoms with van der Waals surface area (Å²) >= 11 is 0. The molecule has 0 fully saturated rings. The summed E-state index contributed by atoms with van der Waals surface area (Å²) in [6, 6.07) is 17.6. The van der Waals surface area contributed by atoms with Gasteiger partial charge in [0.25, 0.3) is 5.91 Å². The molecule has 0 spiro atoms. The summed E-state index contributed by atoms with van der Waals surface area (Å²) in [6.45, 7) is 3.76. The van der Waals surface area contributed by atoms with Gasteiger partial charge < -0.3 is 16.8 Å². The molecule has 2 heterocycles. The quantitative estimate of drug-likeness (QED) is 0.252. The predicted molar refractivity (Wildman–Crippen MR) is 138 cm³/mol. The van der Waals surface area contributed by atoms with E-state index in [0.29, 0.717) is 11.3 Å². The standard InChI is InChI=1S/C28H31N5O4/c1-18(2)16-22(33-27(37)21-13-7-9-15-32-21)23(34)17-24(35)28(29,30)26(36)25(19-10-4-3-5-11-19)20-12-6-8-14-31-20/h3-15,18,22,25H,16-17,29-30H2,1-2H3,(H,33,37)/t22-,25?/m0/s1. The van der Waals surface area contributed by atoms with Crippen LogP contribution in [0, 0.1) is 5.92 Å². The Morgan fingerprint density at radius 1 is 0.865 bits per heavy atom. The van der Waals surface area contributed by atoms with Gasteiger partial charge in [0.1, 0.15) is 5.69 Å². The van der Waals surface area contributed by atoms with Crippen LogP contribution in [0.25, 0.3) is 0 Å². The first-order chi connectivity index (χ1) is 17.6. The number of pyridine rings is 2. The van der Waals surface area contributed by atoms with Crippen molar-refractivity contribution in [3.63, 3.8) is 0 Å². The molecule has 0 aliphatic rings. The van der Waals surface area contributed by atoms with Gasteiger partial charge in [0.15, 0.2) is 23.0 Å². The number of nitrogens with one attached hydrogen (secondary N) is 1. The highest BCUT2D eigenvalue weighted by atomic mass is 16.2. The molecular formula is C28H31N5O4. The smallest absolute Gasteiger partial charge is 0.270 e. The van der Waals surface area contributed by atoms with Crippen LogP contribution in [-0.4, -0.2) is 44.9 Å². The van der Waals surface area contributed by atoms with Gasteiger partial charge in [-0.3, -0.25) is 29.1 Å². The lowest BCUT2D eigenvalue weighted by Crippen LogP contribution is -2.64. The average molecular weight is 502 g/mol. The summed E-state index contributed by atoms with van der Waals surface area (Å²) in [5, 5.41) is 2.65. The Morgan fingerprint density at radius 2 is 1.49 bits per heavy atom. The molecular weight excluding hydrogens is 470 g/mol. The van der Waals surface area contributed by atoms with Gasteiger partial charge in [0, 0.05) is 12.4 Å². The Bertz CT molecular complexity index is 1190. The van der Waals surface area contributed by atoms with Crippen molar-refractivity contribution in [1.82, 2.24) is 15.3 Å². The number of hydrogen-bond donors (Lipinski definition) is 3. The second-order valence-corrected chi connectivity index (χ2v) is 9.27. The Morgan fingerprint density at radius 3 is 2.05 bits per heavy atom. The Hall–Kier alpha value is -4.08. The maximum atomic E-state index is 13.6. The summed E-state index contributed by atoms with van der Waals surface area (Å²) in [7, 11) is 0. The van der Waals surface area contributed by atoms with Crippen molar-refractivity contribution in [2.24, 2.45) is 17.4 Å². The van der Waals surface area contributed by atoms with Crippen molar-refractivity contribution in [2.45, 2.75) is 44.3 Å². The van der Waals surface area contributed by atoms with Crippen molar-refractivity contribution >= 4 is 23.3 Å². The number of nitrogens with zero attached hydrogens (tertiary/aromatic N) is 2. The molecule has 1 amide bonds. The number of ketones is 3. The van der Waals surface area contributed by atoms with Crippen LogP contribution in [-0.2, 0) is 14.4 Å². The Labute approximate surface area is 215 Å². The molecule has 0 radical (unpaired) electrons. The maximum Gasteiger partial charge on any atom is 0.270 e. The molecule has 37 heavy (non-hydrogen) atoms. The van der Waals surface area contributed by atoms with Crippen LogP contribution >= 0.6 is 0 Å². The third-order valence-electron chi connectivity index (χ3n) is 5.88. The van der Waals surface area contributed by atoms with E-state index >= 15 is 0 Å². The van der Waals surface area contributed by atoms with Crippen LogP contribution in [0.3, 0.4) is 0 Å². The summed E-state index contributed by atoms with van der Waals surface area (Å²) in [5.74, 6) is -3.85. The van der Waals surface area contributed by atoms with Crippen molar-refractivity contribution in [3.8, 4) is 0 Å². The molecule has 192 valence electrons. The van der Waals surface area contributed by atoms with E-state index < -0.39 is 47.3 Å². The van der Waals surface area contributed by atoms with Crippen LogP contribution < -0.4 is 16.8 Å². The molecule has 2 aromatic heterocycles. The monoisotopic (exact) mass is 501 g/mol. The molecule has 2 atom stereocenters. The maximum absolute atomic E-state index is 13.6. The molecule has 9 heteroatoms. The van der Waals surface area contributed by atoms with Gasteiger partial charge in [-0.05, 0) is 42.2 Å². The summed E-state index contributed by atoms with van der Waals surface area (Å²) in [5.41, 5.74) is 10.9. The lowest BCUT2D eigenvalue weighted by molar-refractivity contribution is -0.137. The number of carbonyl (C=O) groups excluding carboxylic acids is 4. The fourth-order valence-corrected chi connectivity index (χ4v) is 3.92. The van der Waals surface area contributed by atoms with E-state index in [0.717, 1.165) is 0 Å². The van der Waals surface area contributed by atoms with Crippen LogP contribution in [0.4, 0.5) is 0 Å². The third-order valence-corrected chi connectivity index (χ3v) is 5.88. The van der Waals surface area contributed by atoms with E-state index in [-0.39, 0.29) is 18.0 Å². The molecule has 0 aliphatic heterocycles. The second-order valence-electron chi connectivity index (χ2n) is 9.27. The lowest BCUT2D eigenvalue weighted by Gasteiger charge is -2.27. The van der Waals surface area contributed by atoms with E-state index in [2.05, 4.69) is 15.3 Å². The number of carbonyl (C=O) groups is 4. The fraction of sp³-hybridized carbons (Fsp3) is 0.286. The summed E-state index contributed by atoms with van der Waals surface area (Å²) in [4.78, 5) is 60.8. The number of hydrogen-bond acceptors (Lipinski definition) is 8. The van der Waals surface area contributed by atoms with E-state index in [1.165, 1.54) is 18.5 Å². The third kappa shape index (κ3) is 6.99. The Balaban J connectivity index is 1.81. The number of amides is 1. The first kappa shape index (κ1) is 27.5. The van der Waals surface area contributed by atoms with Crippen LogP contribution in [0.5, 0.6) is 0 Å². The van der Waals surface area contributed by atoms with Gasteiger partial charge in [-0.1, -0.05) is 56.3 Å². The van der Waals surface area contributed by atoms with Gasteiger partial charge in [-0.15, -0.1) is 0 Å². The summed E-state index contributed by atoms with van der Waals surface area (Å²) < 4.78 is 0. The number of rotatable bonds is 12.